The second-order valence-electron chi connectivity index (χ2n) is 2.92. The fourth-order valence-electron chi connectivity index (χ4n) is 1.13. The predicted octanol–water partition coefficient (Wildman–Crippen LogP) is 0.568. The minimum absolute atomic E-state index is 0.0901. The van der Waals surface area contributed by atoms with E-state index in [2.05, 4.69) is 6.58 Å². The summed E-state index contributed by atoms with van der Waals surface area (Å²) in [4.78, 5) is 0. The zero-order chi connectivity index (χ0) is 9.40. The van der Waals surface area contributed by atoms with Gasteiger partial charge in [0.05, 0.1) is 12.7 Å². The summed E-state index contributed by atoms with van der Waals surface area (Å²) < 4.78 is 4.77. The molecule has 0 aliphatic heterocycles. The van der Waals surface area contributed by atoms with Crippen molar-refractivity contribution in [3.63, 3.8) is 0 Å². The zero-order valence-corrected chi connectivity index (χ0v) is 7.57. The summed E-state index contributed by atoms with van der Waals surface area (Å²) in [5, 5.41) is 18.2. The fourth-order valence-corrected chi connectivity index (χ4v) is 1.13. The largest absolute Gasteiger partial charge is 0.396 e. The highest BCUT2D eigenvalue weighted by Crippen LogP contribution is 2.11. The van der Waals surface area contributed by atoms with Gasteiger partial charge in [-0.05, 0) is 18.8 Å². The van der Waals surface area contributed by atoms with Crippen LogP contribution in [-0.2, 0) is 4.74 Å². The number of methoxy groups -OCH3 is 1. The Morgan fingerprint density at radius 2 is 2.25 bits per heavy atom. The van der Waals surface area contributed by atoms with Crippen LogP contribution in [0.25, 0.3) is 0 Å². The number of hydrogen-bond acceptors (Lipinski definition) is 3. The molecule has 0 saturated heterocycles. The molecule has 0 heterocycles. The first-order valence-electron chi connectivity index (χ1n) is 4.13. The molecule has 0 spiro atoms. The van der Waals surface area contributed by atoms with Crippen LogP contribution in [0.3, 0.4) is 0 Å². The number of aliphatic hydroxyl groups excluding tert-OH is 2. The molecule has 3 heteroatoms. The summed E-state index contributed by atoms with van der Waals surface area (Å²) in [5.41, 5.74) is 0. The van der Waals surface area contributed by atoms with Crippen molar-refractivity contribution in [2.45, 2.75) is 18.9 Å². The van der Waals surface area contributed by atoms with E-state index < -0.39 is 6.10 Å². The maximum atomic E-state index is 9.31. The number of rotatable bonds is 7. The second kappa shape index (κ2) is 7.28. The lowest BCUT2D eigenvalue weighted by atomic mass is 9.99. The fraction of sp³-hybridized carbons (Fsp3) is 0.778. The quantitative estimate of drug-likeness (QED) is 0.555. The van der Waals surface area contributed by atoms with Gasteiger partial charge >= 0.3 is 0 Å². The average Bonchev–Trinajstić information content (AvgIpc) is 2.04. The molecule has 0 radical (unpaired) electrons. The van der Waals surface area contributed by atoms with Crippen LogP contribution < -0.4 is 0 Å². The van der Waals surface area contributed by atoms with E-state index in [1.165, 1.54) is 0 Å². The molecule has 0 aliphatic carbocycles. The minimum atomic E-state index is -0.480. The van der Waals surface area contributed by atoms with E-state index in [0.717, 1.165) is 6.42 Å². The monoisotopic (exact) mass is 174 g/mol. The highest BCUT2D eigenvalue weighted by molar-refractivity contribution is 4.74. The number of hydrogen-bond donors (Lipinski definition) is 2. The third-order valence-corrected chi connectivity index (χ3v) is 1.72. The van der Waals surface area contributed by atoms with Gasteiger partial charge in [0.2, 0.25) is 0 Å². The van der Waals surface area contributed by atoms with Crippen LogP contribution in [-0.4, -0.2) is 36.6 Å². The van der Waals surface area contributed by atoms with Gasteiger partial charge in [-0.3, -0.25) is 0 Å². The Morgan fingerprint density at radius 3 is 2.67 bits per heavy atom. The van der Waals surface area contributed by atoms with Gasteiger partial charge in [0.15, 0.2) is 0 Å². The van der Waals surface area contributed by atoms with Gasteiger partial charge in [-0.1, -0.05) is 6.08 Å². The Morgan fingerprint density at radius 1 is 1.58 bits per heavy atom. The van der Waals surface area contributed by atoms with E-state index in [0.29, 0.717) is 13.0 Å². The van der Waals surface area contributed by atoms with Crippen molar-refractivity contribution < 1.29 is 14.9 Å². The van der Waals surface area contributed by atoms with E-state index in [1.807, 2.05) is 0 Å². The summed E-state index contributed by atoms with van der Waals surface area (Å²) in [5.74, 6) is 0.104. The molecule has 0 bridgehead atoms. The Hall–Kier alpha value is -0.380. The van der Waals surface area contributed by atoms with Gasteiger partial charge in [0, 0.05) is 13.7 Å². The third kappa shape index (κ3) is 5.29. The Kier molecular flexibility index (Phi) is 7.05. The third-order valence-electron chi connectivity index (χ3n) is 1.72. The smallest absolute Gasteiger partial charge is 0.0777 e. The minimum Gasteiger partial charge on any atom is -0.396 e. The molecule has 0 rings (SSSR count). The van der Waals surface area contributed by atoms with Crippen LogP contribution in [0.4, 0.5) is 0 Å². The molecule has 0 aliphatic rings. The van der Waals surface area contributed by atoms with Crippen LogP contribution >= 0.6 is 0 Å². The van der Waals surface area contributed by atoms with Crippen molar-refractivity contribution in [3.8, 4) is 0 Å². The van der Waals surface area contributed by atoms with E-state index in [9.17, 15) is 5.11 Å². The molecule has 12 heavy (non-hydrogen) atoms. The van der Waals surface area contributed by atoms with Gasteiger partial charge in [-0.2, -0.15) is 0 Å². The van der Waals surface area contributed by atoms with Crippen molar-refractivity contribution >= 4 is 0 Å². The molecule has 0 saturated carbocycles. The molecule has 2 N–H and O–H groups in total. The summed E-state index contributed by atoms with van der Waals surface area (Å²) in [6.07, 6.45) is 2.57. The molecular weight excluding hydrogens is 156 g/mol. The van der Waals surface area contributed by atoms with Crippen LogP contribution in [0.5, 0.6) is 0 Å². The highest BCUT2D eigenvalue weighted by Gasteiger charge is 2.11. The molecule has 0 unspecified atom stereocenters. The molecule has 72 valence electrons. The van der Waals surface area contributed by atoms with Crippen LogP contribution in [0, 0.1) is 5.92 Å². The van der Waals surface area contributed by atoms with Crippen molar-refractivity contribution in [2.75, 3.05) is 20.3 Å². The molecule has 0 aromatic heterocycles. The van der Waals surface area contributed by atoms with Crippen molar-refractivity contribution in [3.05, 3.63) is 12.7 Å². The molecule has 2 atom stereocenters. The van der Waals surface area contributed by atoms with Gasteiger partial charge < -0.3 is 14.9 Å². The zero-order valence-electron chi connectivity index (χ0n) is 7.57. The number of aliphatic hydroxyl groups is 2. The van der Waals surface area contributed by atoms with E-state index >= 15 is 0 Å². The van der Waals surface area contributed by atoms with Crippen LogP contribution in [0.1, 0.15) is 12.8 Å². The lowest BCUT2D eigenvalue weighted by Crippen LogP contribution is -2.20. The first-order valence-corrected chi connectivity index (χ1v) is 4.13. The van der Waals surface area contributed by atoms with E-state index in [1.54, 1.807) is 13.2 Å². The first-order chi connectivity index (χ1) is 5.74. The molecular formula is C9H18O3. The maximum Gasteiger partial charge on any atom is 0.0777 e. The van der Waals surface area contributed by atoms with Crippen LogP contribution in [0.2, 0.25) is 0 Å². The Balaban J connectivity index is 3.60. The van der Waals surface area contributed by atoms with E-state index in [4.69, 9.17) is 9.84 Å². The second-order valence-corrected chi connectivity index (χ2v) is 2.92. The Bertz CT molecular complexity index is 114. The van der Waals surface area contributed by atoms with Crippen molar-refractivity contribution in [1.82, 2.24) is 0 Å². The Labute approximate surface area is 73.7 Å². The lowest BCUT2D eigenvalue weighted by molar-refractivity contribution is 0.0408. The van der Waals surface area contributed by atoms with Crippen molar-refractivity contribution in [2.24, 2.45) is 5.92 Å². The van der Waals surface area contributed by atoms with Gasteiger partial charge in [-0.15, -0.1) is 6.58 Å². The SMILES string of the molecule is C=CC[C@@H](CO)C[C@H](O)COC. The molecule has 0 aromatic carbocycles. The summed E-state index contributed by atoms with van der Waals surface area (Å²) in [6.45, 7) is 3.99. The van der Waals surface area contributed by atoms with E-state index in [-0.39, 0.29) is 12.5 Å². The summed E-state index contributed by atoms with van der Waals surface area (Å²) in [6, 6.07) is 0. The molecule has 3 nitrogen and oxygen atoms in total. The van der Waals surface area contributed by atoms with Crippen LogP contribution in [0.15, 0.2) is 12.7 Å². The van der Waals surface area contributed by atoms with Gasteiger partial charge in [-0.25, -0.2) is 0 Å². The van der Waals surface area contributed by atoms with Gasteiger partial charge in [0.1, 0.15) is 0 Å². The maximum absolute atomic E-state index is 9.31. The number of ether oxygens (including phenoxy) is 1. The standard InChI is InChI=1S/C9H18O3/c1-3-4-8(6-10)5-9(11)7-12-2/h3,8-11H,1,4-7H2,2H3/t8-,9+/m1/s1. The lowest BCUT2D eigenvalue weighted by Gasteiger charge is -2.15. The summed E-state index contributed by atoms with van der Waals surface area (Å²) in [7, 11) is 1.55. The number of allylic oxidation sites excluding steroid dienone is 1. The normalized spacial score (nSPS) is 15.6. The highest BCUT2D eigenvalue weighted by atomic mass is 16.5. The predicted molar refractivity (Wildman–Crippen MR) is 47.9 cm³/mol. The topological polar surface area (TPSA) is 49.7 Å². The van der Waals surface area contributed by atoms with Gasteiger partial charge in [0.25, 0.3) is 0 Å². The molecule has 0 aromatic rings. The average molecular weight is 174 g/mol. The van der Waals surface area contributed by atoms with Crippen molar-refractivity contribution in [1.29, 1.82) is 0 Å². The molecule has 0 fully saturated rings. The molecule has 0 amide bonds. The summed E-state index contributed by atoms with van der Waals surface area (Å²) >= 11 is 0. The first kappa shape index (κ1) is 11.6.